The lowest BCUT2D eigenvalue weighted by Crippen LogP contribution is -2.30. The van der Waals surface area contributed by atoms with Gasteiger partial charge in [-0.3, -0.25) is 9.63 Å². The van der Waals surface area contributed by atoms with E-state index in [-0.39, 0.29) is 29.5 Å². The van der Waals surface area contributed by atoms with E-state index in [1.807, 2.05) is 0 Å². The van der Waals surface area contributed by atoms with Crippen LogP contribution >= 0.6 is 0 Å². The van der Waals surface area contributed by atoms with Crippen molar-refractivity contribution in [1.82, 2.24) is 9.37 Å². The van der Waals surface area contributed by atoms with E-state index < -0.39 is 10.0 Å². The van der Waals surface area contributed by atoms with Crippen molar-refractivity contribution < 1.29 is 26.9 Å². The lowest BCUT2D eigenvalue weighted by molar-refractivity contribution is -0.0258. The first-order chi connectivity index (χ1) is 13.4. The zero-order valence-electron chi connectivity index (χ0n) is 15.4. The molecule has 8 nitrogen and oxygen atoms in total. The van der Waals surface area contributed by atoms with Gasteiger partial charge in [0.05, 0.1) is 37.6 Å². The van der Waals surface area contributed by atoms with E-state index in [4.69, 9.17) is 13.7 Å². The van der Waals surface area contributed by atoms with Gasteiger partial charge in [0, 0.05) is 12.6 Å². The summed E-state index contributed by atoms with van der Waals surface area (Å²) in [7, 11) is -1.33. The van der Waals surface area contributed by atoms with Gasteiger partial charge < -0.3 is 13.7 Å². The molecule has 0 N–H and O–H groups in total. The molecule has 0 spiro atoms. The lowest BCUT2D eigenvalue weighted by atomic mass is 10.2. The van der Waals surface area contributed by atoms with Crippen LogP contribution in [0.1, 0.15) is 21.9 Å². The third-order valence-corrected chi connectivity index (χ3v) is 5.79. The second-order valence-electron chi connectivity index (χ2n) is 5.95. The number of sulfonamides is 1. The van der Waals surface area contributed by atoms with E-state index in [1.165, 1.54) is 49.8 Å². The molecular formula is C19H20N2O6S. The van der Waals surface area contributed by atoms with Crippen LogP contribution in [-0.4, -0.2) is 37.9 Å². The summed E-state index contributed by atoms with van der Waals surface area (Å²) in [5, 5.41) is 0. The quantitative estimate of drug-likeness (QED) is 0.536. The third kappa shape index (κ3) is 4.33. The highest BCUT2D eigenvalue weighted by molar-refractivity contribution is 7.89. The van der Waals surface area contributed by atoms with E-state index in [0.29, 0.717) is 11.5 Å². The van der Waals surface area contributed by atoms with E-state index in [0.717, 1.165) is 4.47 Å². The summed E-state index contributed by atoms with van der Waals surface area (Å²) < 4.78 is 36.4. The van der Waals surface area contributed by atoms with E-state index in [2.05, 4.69) is 0 Å². The summed E-state index contributed by atoms with van der Waals surface area (Å²) >= 11 is 0. The van der Waals surface area contributed by atoms with Crippen molar-refractivity contribution in [3.63, 3.8) is 0 Å². The van der Waals surface area contributed by atoms with Crippen LogP contribution in [0.3, 0.4) is 0 Å². The fourth-order valence-electron chi connectivity index (χ4n) is 2.60. The topological polar surface area (TPSA) is 93.2 Å². The molecule has 0 fully saturated rings. The van der Waals surface area contributed by atoms with Gasteiger partial charge in [0.15, 0.2) is 0 Å². The first kappa shape index (κ1) is 19.9. The number of carbonyl (C=O) groups excluding carboxylic acids is 1. The molecule has 3 aromatic rings. The second kappa shape index (κ2) is 8.42. The number of hydrogen-bond donors (Lipinski definition) is 0. The first-order valence-corrected chi connectivity index (χ1v) is 9.83. The molecule has 3 rings (SSSR count). The van der Waals surface area contributed by atoms with Crippen LogP contribution in [0.25, 0.3) is 0 Å². The van der Waals surface area contributed by atoms with Crippen molar-refractivity contribution >= 4 is 15.9 Å². The average Bonchev–Trinajstić information content (AvgIpc) is 3.40. The number of hydroxylamine groups is 1. The second-order valence-corrected chi connectivity index (χ2v) is 7.88. The molecule has 2 heterocycles. The molecule has 1 aromatic carbocycles. The summed E-state index contributed by atoms with van der Waals surface area (Å²) in [5.74, 6) is 0.843. The van der Waals surface area contributed by atoms with Crippen LogP contribution in [0.4, 0.5) is 0 Å². The van der Waals surface area contributed by atoms with Crippen LogP contribution in [0.2, 0.25) is 0 Å². The van der Waals surface area contributed by atoms with Crippen LogP contribution in [0.5, 0.6) is 0 Å². The highest BCUT2D eigenvalue weighted by Crippen LogP contribution is 2.19. The summed E-state index contributed by atoms with van der Waals surface area (Å²) in [6, 6.07) is 12.8. The maximum atomic E-state index is 13.1. The van der Waals surface area contributed by atoms with Crippen LogP contribution in [0.15, 0.2) is 74.8 Å². The predicted molar refractivity (Wildman–Crippen MR) is 99.4 cm³/mol. The Balaban J connectivity index is 1.91. The Kier molecular flexibility index (Phi) is 5.98. The molecule has 1 amide bonds. The normalized spacial score (nSPS) is 11.7. The van der Waals surface area contributed by atoms with Crippen molar-refractivity contribution in [3.05, 3.63) is 78.1 Å². The van der Waals surface area contributed by atoms with E-state index >= 15 is 0 Å². The Morgan fingerprint density at radius 3 is 2.11 bits per heavy atom. The summed E-state index contributed by atoms with van der Waals surface area (Å²) in [5.41, 5.74) is 0.226. The number of furan rings is 2. The zero-order valence-corrected chi connectivity index (χ0v) is 16.3. The van der Waals surface area contributed by atoms with Gasteiger partial charge in [-0.15, -0.1) is 0 Å². The maximum absolute atomic E-state index is 13.1. The van der Waals surface area contributed by atoms with Gasteiger partial charge in [-0.25, -0.2) is 8.42 Å². The minimum Gasteiger partial charge on any atom is -0.467 e. The highest BCUT2D eigenvalue weighted by Gasteiger charge is 2.24. The Bertz CT molecular complexity index is 976. The smallest absolute Gasteiger partial charge is 0.264 e. The largest absolute Gasteiger partial charge is 0.467 e. The molecule has 0 radical (unpaired) electrons. The fraction of sp³-hybridized carbons (Fsp3) is 0.211. The van der Waals surface area contributed by atoms with Crippen molar-refractivity contribution in [2.45, 2.75) is 18.0 Å². The Morgan fingerprint density at radius 2 is 1.61 bits per heavy atom. The number of hydrogen-bond acceptors (Lipinski definition) is 6. The number of benzene rings is 1. The molecule has 0 saturated carbocycles. The van der Waals surface area contributed by atoms with Gasteiger partial charge in [0.2, 0.25) is 0 Å². The lowest BCUT2D eigenvalue weighted by Gasteiger charge is -2.21. The Morgan fingerprint density at radius 1 is 1.00 bits per heavy atom. The van der Waals surface area contributed by atoms with Gasteiger partial charge in [-0.2, -0.15) is 0 Å². The highest BCUT2D eigenvalue weighted by atomic mass is 32.2. The Labute approximate surface area is 162 Å². The van der Waals surface area contributed by atoms with Crippen LogP contribution < -0.4 is 0 Å². The maximum Gasteiger partial charge on any atom is 0.264 e. The monoisotopic (exact) mass is 404 g/mol. The van der Waals surface area contributed by atoms with Gasteiger partial charge in [-0.1, -0.05) is 10.5 Å². The third-order valence-electron chi connectivity index (χ3n) is 4.12. The van der Waals surface area contributed by atoms with E-state index in [9.17, 15) is 13.2 Å². The van der Waals surface area contributed by atoms with Gasteiger partial charge in [0.1, 0.15) is 11.5 Å². The van der Waals surface area contributed by atoms with Crippen LogP contribution in [0, 0.1) is 0 Å². The Hall–Kier alpha value is -2.88. The minimum absolute atomic E-state index is 0.0429. The molecule has 2 aromatic heterocycles. The fourth-order valence-corrected chi connectivity index (χ4v) is 3.62. The molecule has 148 valence electrons. The number of rotatable bonds is 8. The van der Waals surface area contributed by atoms with Crippen molar-refractivity contribution in [2.24, 2.45) is 0 Å². The number of amides is 1. The summed E-state index contributed by atoms with van der Waals surface area (Å²) in [6.07, 6.45) is 3.05. The average molecular weight is 404 g/mol. The predicted octanol–water partition coefficient (Wildman–Crippen LogP) is 2.90. The molecule has 0 aliphatic heterocycles. The SMILES string of the molecule is CON(C)S(=O)(=O)c1cccc(C(=O)N(Cc2ccco2)Cc2ccco2)c1. The molecule has 0 aliphatic carbocycles. The molecule has 0 bridgehead atoms. The summed E-state index contributed by atoms with van der Waals surface area (Å²) in [4.78, 5) is 19.4. The molecule has 0 aliphatic rings. The molecule has 0 saturated heterocycles. The van der Waals surface area contributed by atoms with Crippen molar-refractivity contribution in [1.29, 1.82) is 0 Å². The zero-order chi connectivity index (χ0) is 20.1. The first-order valence-electron chi connectivity index (χ1n) is 8.39. The van der Waals surface area contributed by atoms with Crippen molar-refractivity contribution in [2.75, 3.05) is 14.2 Å². The molecule has 0 unspecified atom stereocenters. The number of carbonyl (C=O) groups is 1. The molecular weight excluding hydrogens is 384 g/mol. The molecule has 28 heavy (non-hydrogen) atoms. The number of nitrogens with zero attached hydrogens (tertiary/aromatic N) is 2. The van der Waals surface area contributed by atoms with Crippen molar-refractivity contribution in [3.8, 4) is 0 Å². The van der Waals surface area contributed by atoms with Gasteiger partial charge in [-0.05, 0) is 42.5 Å². The van der Waals surface area contributed by atoms with E-state index in [1.54, 1.807) is 30.3 Å². The minimum atomic E-state index is -3.87. The molecule has 9 heteroatoms. The summed E-state index contributed by atoms with van der Waals surface area (Å²) in [6.45, 7) is 0.420. The van der Waals surface area contributed by atoms with Crippen LogP contribution in [-0.2, 0) is 28.0 Å². The van der Waals surface area contributed by atoms with Gasteiger partial charge >= 0.3 is 0 Å². The van der Waals surface area contributed by atoms with Gasteiger partial charge in [0.25, 0.3) is 15.9 Å². The molecule has 0 atom stereocenters. The standard InChI is InChI=1S/C19H20N2O6S/c1-20(25-2)28(23,24)18-9-3-6-15(12-18)19(22)21(13-16-7-4-10-26-16)14-17-8-5-11-27-17/h3-12H,13-14H2,1-2H3.